The summed E-state index contributed by atoms with van der Waals surface area (Å²) in [5, 5.41) is 18.8. The van der Waals surface area contributed by atoms with Gasteiger partial charge < -0.3 is 13.7 Å². The summed E-state index contributed by atoms with van der Waals surface area (Å²) in [7, 11) is 3.02. The molecule has 0 aliphatic rings. The van der Waals surface area contributed by atoms with Crippen LogP contribution in [0.2, 0.25) is 0 Å². The summed E-state index contributed by atoms with van der Waals surface area (Å²) < 4.78 is 11.9. The van der Waals surface area contributed by atoms with Gasteiger partial charge >= 0.3 is 5.97 Å². The van der Waals surface area contributed by atoms with Gasteiger partial charge in [-0.25, -0.2) is 9.97 Å². The molecule has 1 atom stereocenters. The summed E-state index contributed by atoms with van der Waals surface area (Å²) >= 11 is 1.16. The van der Waals surface area contributed by atoms with Crippen molar-refractivity contribution in [2.45, 2.75) is 16.1 Å². The Morgan fingerprint density at radius 2 is 1.97 bits per heavy atom. The first kappa shape index (κ1) is 18.6. The summed E-state index contributed by atoms with van der Waals surface area (Å²) in [5.41, 5.74) is 1.42. The lowest BCUT2D eigenvalue weighted by molar-refractivity contribution is -0.141. The Bertz CT molecular complexity index is 1230. The number of esters is 1. The fraction of sp³-hybridized carbons (Fsp3) is 0.158. The number of benzene rings is 1. The third-order valence-corrected chi connectivity index (χ3v) is 5.20. The Balaban J connectivity index is 1.81. The first-order chi connectivity index (χ1) is 14.1. The van der Waals surface area contributed by atoms with Crippen molar-refractivity contribution in [1.29, 1.82) is 5.26 Å². The van der Waals surface area contributed by atoms with Crippen LogP contribution in [0.5, 0.6) is 0 Å². The molecule has 0 N–H and O–H groups in total. The van der Waals surface area contributed by atoms with Crippen molar-refractivity contribution in [1.82, 2.24) is 24.7 Å². The highest BCUT2D eigenvalue weighted by Crippen LogP contribution is 2.33. The van der Waals surface area contributed by atoms with Crippen LogP contribution in [-0.2, 0) is 16.6 Å². The number of hydrogen-bond acceptors (Lipinski definition) is 9. The van der Waals surface area contributed by atoms with Crippen LogP contribution in [0.1, 0.15) is 11.6 Å². The van der Waals surface area contributed by atoms with Gasteiger partial charge in [0.25, 0.3) is 0 Å². The number of ether oxygens (including phenoxy) is 1. The SMILES string of the molecule is COC(=O)C(C#N)c1nc2ccccc2nc1Sc1nnc(-c2ccco2)n1C. The zero-order valence-electron chi connectivity index (χ0n) is 15.4. The number of aromatic nitrogens is 5. The van der Waals surface area contributed by atoms with Crippen molar-refractivity contribution in [3.05, 3.63) is 48.4 Å². The van der Waals surface area contributed by atoms with Crippen LogP contribution in [0.3, 0.4) is 0 Å². The minimum Gasteiger partial charge on any atom is -0.468 e. The van der Waals surface area contributed by atoms with Crippen molar-refractivity contribution in [3.63, 3.8) is 0 Å². The molecule has 0 saturated carbocycles. The number of methoxy groups -OCH3 is 1. The van der Waals surface area contributed by atoms with E-state index in [-0.39, 0.29) is 5.69 Å². The summed E-state index contributed by atoms with van der Waals surface area (Å²) in [6.07, 6.45) is 1.55. The maximum atomic E-state index is 12.1. The van der Waals surface area contributed by atoms with Gasteiger partial charge in [-0.15, -0.1) is 10.2 Å². The molecule has 1 unspecified atom stereocenters. The molecule has 1 aromatic carbocycles. The number of hydrogen-bond donors (Lipinski definition) is 0. The predicted molar refractivity (Wildman–Crippen MR) is 103 cm³/mol. The van der Waals surface area contributed by atoms with Crippen LogP contribution >= 0.6 is 11.8 Å². The van der Waals surface area contributed by atoms with Crippen molar-refractivity contribution in [2.24, 2.45) is 7.05 Å². The zero-order chi connectivity index (χ0) is 20.4. The van der Waals surface area contributed by atoms with Crippen molar-refractivity contribution >= 4 is 28.8 Å². The zero-order valence-corrected chi connectivity index (χ0v) is 16.3. The number of carbonyl (C=O) groups excluding carboxylic acids is 1. The topological polar surface area (TPSA) is 120 Å². The molecule has 4 aromatic rings. The van der Waals surface area contributed by atoms with Crippen LogP contribution in [0, 0.1) is 11.3 Å². The summed E-state index contributed by atoms with van der Waals surface area (Å²) in [6, 6.07) is 12.7. The molecule has 0 spiro atoms. The molecule has 0 amide bonds. The molecule has 0 radical (unpaired) electrons. The fourth-order valence-electron chi connectivity index (χ4n) is 2.71. The standard InChI is InChI=1S/C19H14N6O3S/c1-25-16(14-8-5-9-28-14)23-24-19(25)29-17-15(11(10-20)18(26)27-2)21-12-6-3-4-7-13(12)22-17/h3-9,11H,1-2H3. The molecule has 9 nitrogen and oxygen atoms in total. The van der Waals surface area contributed by atoms with E-state index < -0.39 is 11.9 Å². The average Bonchev–Trinajstić information content (AvgIpc) is 3.39. The van der Waals surface area contributed by atoms with Gasteiger partial charge in [-0.1, -0.05) is 12.1 Å². The van der Waals surface area contributed by atoms with E-state index in [0.717, 1.165) is 11.8 Å². The van der Waals surface area contributed by atoms with Crippen LogP contribution in [-0.4, -0.2) is 37.8 Å². The molecule has 0 fully saturated rings. The molecule has 3 heterocycles. The number of carbonyl (C=O) groups is 1. The normalized spacial score (nSPS) is 11.9. The van der Waals surface area contributed by atoms with Gasteiger partial charge in [-0.2, -0.15) is 5.26 Å². The van der Waals surface area contributed by atoms with E-state index >= 15 is 0 Å². The quantitative estimate of drug-likeness (QED) is 0.461. The van der Waals surface area contributed by atoms with Gasteiger partial charge in [-0.05, 0) is 36.0 Å². The molecule has 3 aromatic heterocycles. The van der Waals surface area contributed by atoms with Gasteiger partial charge in [0, 0.05) is 7.05 Å². The number of nitriles is 1. The Labute approximate surface area is 169 Å². The minimum absolute atomic E-state index is 0.214. The highest BCUT2D eigenvalue weighted by atomic mass is 32.2. The largest absolute Gasteiger partial charge is 0.468 e. The van der Waals surface area contributed by atoms with Gasteiger partial charge in [0.15, 0.2) is 22.7 Å². The summed E-state index contributed by atoms with van der Waals surface area (Å²) in [5.74, 6) is -0.802. The lowest BCUT2D eigenvalue weighted by Crippen LogP contribution is -2.16. The van der Waals surface area contributed by atoms with E-state index in [0.29, 0.717) is 32.8 Å². The molecule has 4 rings (SSSR count). The number of rotatable bonds is 5. The van der Waals surface area contributed by atoms with E-state index in [4.69, 9.17) is 9.15 Å². The maximum Gasteiger partial charge on any atom is 0.329 e. The lowest BCUT2D eigenvalue weighted by atomic mass is 10.1. The van der Waals surface area contributed by atoms with Gasteiger partial charge in [0.05, 0.1) is 30.5 Å². The van der Waals surface area contributed by atoms with Crippen molar-refractivity contribution in [3.8, 4) is 17.7 Å². The molecular weight excluding hydrogens is 392 g/mol. The highest BCUT2D eigenvalue weighted by molar-refractivity contribution is 7.99. The lowest BCUT2D eigenvalue weighted by Gasteiger charge is -2.12. The molecule has 0 saturated heterocycles. The second-order valence-electron chi connectivity index (χ2n) is 5.93. The van der Waals surface area contributed by atoms with E-state index in [1.807, 2.05) is 18.2 Å². The maximum absolute atomic E-state index is 12.1. The van der Waals surface area contributed by atoms with Crippen molar-refractivity contribution in [2.75, 3.05) is 7.11 Å². The summed E-state index contributed by atoms with van der Waals surface area (Å²) in [6.45, 7) is 0. The molecule has 0 aliphatic heterocycles. The van der Waals surface area contributed by atoms with Gasteiger partial charge in [-0.3, -0.25) is 4.79 Å². The third kappa shape index (κ3) is 3.43. The first-order valence-electron chi connectivity index (χ1n) is 8.47. The Hall–Kier alpha value is -3.71. The monoisotopic (exact) mass is 406 g/mol. The van der Waals surface area contributed by atoms with E-state index in [1.54, 1.807) is 42.1 Å². The van der Waals surface area contributed by atoms with E-state index in [1.165, 1.54) is 7.11 Å². The molecule has 10 heteroatoms. The predicted octanol–water partition coefficient (Wildman–Crippen LogP) is 2.95. The first-order valence-corrected chi connectivity index (χ1v) is 9.29. The molecule has 29 heavy (non-hydrogen) atoms. The minimum atomic E-state index is -1.21. The van der Waals surface area contributed by atoms with E-state index in [2.05, 4.69) is 20.2 Å². The van der Waals surface area contributed by atoms with Gasteiger partial charge in [0.2, 0.25) is 0 Å². The number of furan rings is 1. The second kappa shape index (κ2) is 7.73. The van der Waals surface area contributed by atoms with Gasteiger partial charge in [0.1, 0.15) is 10.7 Å². The average molecular weight is 406 g/mol. The summed E-state index contributed by atoms with van der Waals surface area (Å²) in [4.78, 5) is 21.3. The van der Waals surface area contributed by atoms with Crippen LogP contribution < -0.4 is 0 Å². The number of nitrogens with zero attached hydrogens (tertiary/aromatic N) is 6. The van der Waals surface area contributed by atoms with Crippen LogP contribution in [0.4, 0.5) is 0 Å². The fourth-order valence-corrected chi connectivity index (χ4v) is 3.60. The second-order valence-corrected chi connectivity index (χ2v) is 6.89. The van der Waals surface area contributed by atoms with E-state index in [9.17, 15) is 10.1 Å². The van der Waals surface area contributed by atoms with Crippen molar-refractivity contribution < 1.29 is 13.9 Å². The molecular formula is C19H14N6O3S. The smallest absolute Gasteiger partial charge is 0.329 e. The Morgan fingerprint density at radius 1 is 1.21 bits per heavy atom. The Kier molecular flexibility index (Phi) is 4.97. The molecule has 0 bridgehead atoms. The molecule has 0 aliphatic carbocycles. The number of para-hydroxylation sites is 2. The number of fused-ring (bicyclic) bond motifs is 1. The molecule has 144 valence electrons. The third-order valence-electron chi connectivity index (χ3n) is 4.17. The Morgan fingerprint density at radius 3 is 2.62 bits per heavy atom. The van der Waals surface area contributed by atoms with Crippen LogP contribution in [0.25, 0.3) is 22.6 Å². The van der Waals surface area contributed by atoms with Crippen LogP contribution in [0.15, 0.2) is 57.3 Å². The highest BCUT2D eigenvalue weighted by Gasteiger charge is 2.28.